The first-order chi connectivity index (χ1) is 6.15. The molecule has 1 rings (SSSR count). The molecular formula is C11H17NO. The van der Waals surface area contributed by atoms with Crippen molar-refractivity contribution in [1.29, 1.82) is 0 Å². The summed E-state index contributed by atoms with van der Waals surface area (Å²) in [6, 6.07) is 5.76. The van der Waals surface area contributed by atoms with E-state index in [1.165, 1.54) is 0 Å². The summed E-state index contributed by atoms with van der Waals surface area (Å²) in [4.78, 5) is 0. The Balaban J connectivity index is 2.83. The van der Waals surface area contributed by atoms with Crippen molar-refractivity contribution in [2.75, 3.05) is 5.73 Å². The van der Waals surface area contributed by atoms with Crippen molar-refractivity contribution in [3.63, 3.8) is 0 Å². The van der Waals surface area contributed by atoms with Gasteiger partial charge >= 0.3 is 0 Å². The summed E-state index contributed by atoms with van der Waals surface area (Å²) in [6.07, 6.45) is 1.26. The van der Waals surface area contributed by atoms with Crippen LogP contribution < -0.4 is 10.5 Å². The maximum absolute atomic E-state index is 5.76. The fourth-order valence-corrected chi connectivity index (χ4v) is 1.06. The third-order valence-electron chi connectivity index (χ3n) is 2.23. The Hall–Kier alpha value is -1.18. The molecule has 0 saturated heterocycles. The van der Waals surface area contributed by atoms with Crippen molar-refractivity contribution < 1.29 is 4.74 Å². The maximum Gasteiger partial charge on any atom is 0.124 e. The number of nitrogens with two attached hydrogens (primary N) is 1. The van der Waals surface area contributed by atoms with E-state index in [1.54, 1.807) is 0 Å². The minimum Gasteiger partial charge on any atom is -0.490 e. The van der Waals surface area contributed by atoms with Gasteiger partial charge in [0, 0.05) is 11.3 Å². The second kappa shape index (κ2) is 4.17. The summed E-state index contributed by atoms with van der Waals surface area (Å²) >= 11 is 0. The first kappa shape index (κ1) is 9.90. The molecule has 72 valence electrons. The van der Waals surface area contributed by atoms with Gasteiger partial charge in [0.05, 0.1) is 6.10 Å². The van der Waals surface area contributed by atoms with Crippen LogP contribution >= 0.6 is 0 Å². The molecule has 0 aliphatic heterocycles. The number of rotatable bonds is 3. The maximum atomic E-state index is 5.76. The molecule has 0 amide bonds. The Morgan fingerprint density at radius 2 is 2.15 bits per heavy atom. The van der Waals surface area contributed by atoms with Gasteiger partial charge in [-0.2, -0.15) is 0 Å². The van der Waals surface area contributed by atoms with Crippen LogP contribution in [0.3, 0.4) is 0 Å². The van der Waals surface area contributed by atoms with Gasteiger partial charge in [0.2, 0.25) is 0 Å². The average Bonchev–Trinajstić information content (AvgIpc) is 2.13. The molecule has 1 aromatic rings. The van der Waals surface area contributed by atoms with Gasteiger partial charge in [-0.1, -0.05) is 13.0 Å². The summed E-state index contributed by atoms with van der Waals surface area (Å²) in [6.45, 7) is 6.14. The number of ether oxygens (including phenoxy) is 1. The van der Waals surface area contributed by atoms with Crippen LogP contribution in [0, 0.1) is 6.92 Å². The smallest absolute Gasteiger partial charge is 0.124 e. The highest BCUT2D eigenvalue weighted by molar-refractivity contribution is 5.53. The standard InChI is InChI=1S/C11H17NO/c1-4-8(2)13-11-7-5-6-10(12)9(11)3/h5-8H,4,12H2,1-3H3/t8-/m1/s1. The van der Waals surface area contributed by atoms with Crippen LogP contribution in [-0.2, 0) is 0 Å². The molecule has 0 aromatic heterocycles. The zero-order valence-electron chi connectivity index (χ0n) is 8.50. The molecular weight excluding hydrogens is 162 g/mol. The van der Waals surface area contributed by atoms with Gasteiger partial charge in [0.25, 0.3) is 0 Å². The summed E-state index contributed by atoms with van der Waals surface area (Å²) in [5.41, 5.74) is 7.58. The molecule has 2 heteroatoms. The highest BCUT2D eigenvalue weighted by Crippen LogP contribution is 2.24. The summed E-state index contributed by atoms with van der Waals surface area (Å²) < 4.78 is 5.70. The normalized spacial score (nSPS) is 12.5. The quantitative estimate of drug-likeness (QED) is 0.724. The first-order valence-corrected chi connectivity index (χ1v) is 4.67. The van der Waals surface area contributed by atoms with Crippen LogP contribution in [0.25, 0.3) is 0 Å². The SMILES string of the molecule is CC[C@@H](C)Oc1cccc(N)c1C. The van der Waals surface area contributed by atoms with E-state index in [9.17, 15) is 0 Å². The van der Waals surface area contributed by atoms with E-state index in [4.69, 9.17) is 10.5 Å². The van der Waals surface area contributed by atoms with Gasteiger partial charge in [-0.3, -0.25) is 0 Å². The Morgan fingerprint density at radius 1 is 1.46 bits per heavy atom. The van der Waals surface area contributed by atoms with E-state index in [0.29, 0.717) is 0 Å². The highest BCUT2D eigenvalue weighted by atomic mass is 16.5. The van der Waals surface area contributed by atoms with Crippen LogP contribution in [-0.4, -0.2) is 6.10 Å². The molecule has 0 saturated carbocycles. The molecule has 0 heterocycles. The van der Waals surface area contributed by atoms with Gasteiger partial charge in [-0.15, -0.1) is 0 Å². The van der Waals surface area contributed by atoms with Crippen LogP contribution in [0.2, 0.25) is 0 Å². The molecule has 0 aliphatic rings. The van der Waals surface area contributed by atoms with Crippen molar-refractivity contribution in [3.8, 4) is 5.75 Å². The minimum atomic E-state index is 0.250. The third-order valence-corrected chi connectivity index (χ3v) is 2.23. The fourth-order valence-electron chi connectivity index (χ4n) is 1.06. The summed E-state index contributed by atoms with van der Waals surface area (Å²) in [5.74, 6) is 0.898. The topological polar surface area (TPSA) is 35.2 Å². The van der Waals surface area contributed by atoms with E-state index in [1.807, 2.05) is 25.1 Å². The molecule has 2 N–H and O–H groups in total. The predicted molar refractivity (Wildman–Crippen MR) is 56.0 cm³/mol. The van der Waals surface area contributed by atoms with E-state index < -0.39 is 0 Å². The number of anilines is 1. The van der Waals surface area contributed by atoms with Crippen LogP contribution in [0.15, 0.2) is 18.2 Å². The Labute approximate surface area is 79.7 Å². The average molecular weight is 179 g/mol. The molecule has 0 aliphatic carbocycles. The molecule has 1 aromatic carbocycles. The highest BCUT2D eigenvalue weighted by Gasteiger charge is 2.05. The van der Waals surface area contributed by atoms with Crippen molar-refractivity contribution in [2.45, 2.75) is 33.3 Å². The van der Waals surface area contributed by atoms with Gasteiger partial charge in [0.15, 0.2) is 0 Å². The van der Waals surface area contributed by atoms with Gasteiger partial charge in [-0.05, 0) is 32.4 Å². The first-order valence-electron chi connectivity index (χ1n) is 4.67. The van der Waals surface area contributed by atoms with Gasteiger partial charge < -0.3 is 10.5 Å². The Morgan fingerprint density at radius 3 is 2.77 bits per heavy atom. The van der Waals surface area contributed by atoms with Crippen molar-refractivity contribution in [1.82, 2.24) is 0 Å². The number of benzene rings is 1. The van der Waals surface area contributed by atoms with Crippen LogP contribution in [0.4, 0.5) is 5.69 Å². The molecule has 2 nitrogen and oxygen atoms in total. The van der Waals surface area contributed by atoms with E-state index >= 15 is 0 Å². The molecule has 1 atom stereocenters. The Bertz CT molecular complexity index is 283. The second-order valence-electron chi connectivity index (χ2n) is 3.31. The molecule has 0 radical (unpaired) electrons. The van der Waals surface area contributed by atoms with Crippen molar-refractivity contribution in [3.05, 3.63) is 23.8 Å². The number of hydrogen-bond acceptors (Lipinski definition) is 2. The van der Waals surface area contributed by atoms with Crippen molar-refractivity contribution >= 4 is 5.69 Å². The van der Waals surface area contributed by atoms with E-state index in [0.717, 1.165) is 23.4 Å². The summed E-state index contributed by atoms with van der Waals surface area (Å²) in [5, 5.41) is 0. The summed E-state index contributed by atoms with van der Waals surface area (Å²) in [7, 11) is 0. The van der Waals surface area contributed by atoms with Crippen molar-refractivity contribution in [2.24, 2.45) is 0 Å². The number of hydrogen-bond donors (Lipinski definition) is 1. The minimum absolute atomic E-state index is 0.250. The lowest BCUT2D eigenvalue weighted by atomic mass is 10.2. The lowest BCUT2D eigenvalue weighted by Gasteiger charge is -2.15. The predicted octanol–water partition coefficient (Wildman–Crippen LogP) is 2.75. The zero-order chi connectivity index (χ0) is 9.84. The Kier molecular flexibility index (Phi) is 3.18. The zero-order valence-corrected chi connectivity index (χ0v) is 8.50. The van der Waals surface area contributed by atoms with E-state index in [2.05, 4.69) is 13.8 Å². The molecule has 0 unspecified atom stereocenters. The van der Waals surface area contributed by atoms with Gasteiger partial charge in [-0.25, -0.2) is 0 Å². The second-order valence-corrected chi connectivity index (χ2v) is 3.31. The molecule has 0 fully saturated rings. The molecule has 0 bridgehead atoms. The van der Waals surface area contributed by atoms with Crippen LogP contribution in [0.1, 0.15) is 25.8 Å². The van der Waals surface area contributed by atoms with Crippen LogP contribution in [0.5, 0.6) is 5.75 Å². The molecule has 13 heavy (non-hydrogen) atoms. The van der Waals surface area contributed by atoms with Gasteiger partial charge in [0.1, 0.15) is 5.75 Å². The fraction of sp³-hybridized carbons (Fsp3) is 0.455. The monoisotopic (exact) mass is 179 g/mol. The third kappa shape index (κ3) is 2.38. The number of nitrogen functional groups attached to an aromatic ring is 1. The molecule has 0 spiro atoms. The largest absolute Gasteiger partial charge is 0.490 e. The lowest BCUT2D eigenvalue weighted by molar-refractivity contribution is 0.216. The lowest BCUT2D eigenvalue weighted by Crippen LogP contribution is -2.10. The van der Waals surface area contributed by atoms with E-state index in [-0.39, 0.29) is 6.10 Å².